The van der Waals surface area contributed by atoms with E-state index in [2.05, 4.69) is 43.0 Å². The van der Waals surface area contributed by atoms with E-state index in [1.165, 1.54) is 62.9 Å². The first-order chi connectivity index (χ1) is 9.62. The summed E-state index contributed by atoms with van der Waals surface area (Å²) >= 11 is 0. The summed E-state index contributed by atoms with van der Waals surface area (Å²) in [6.45, 7) is 7.75. The van der Waals surface area contributed by atoms with Gasteiger partial charge in [0.25, 0.3) is 0 Å². The summed E-state index contributed by atoms with van der Waals surface area (Å²) in [7, 11) is 0. The predicted octanol–water partition coefficient (Wildman–Crippen LogP) is 3.98. The number of nitrogens with two attached hydrogens (primary N) is 1. The van der Waals surface area contributed by atoms with E-state index in [4.69, 9.17) is 5.73 Å². The normalized spacial score (nSPS) is 15.8. The Balaban J connectivity index is 1.87. The maximum atomic E-state index is 5.80. The highest BCUT2D eigenvalue weighted by Crippen LogP contribution is 2.27. The minimum Gasteiger partial charge on any atom is -0.371 e. The summed E-state index contributed by atoms with van der Waals surface area (Å²) in [6.07, 6.45) is 7.68. The van der Waals surface area contributed by atoms with Gasteiger partial charge in [-0.3, -0.25) is 0 Å². The van der Waals surface area contributed by atoms with Crippen molar-refractivity contribution in [3.05, 3.63) is 29.8 Å². The molecule has 1 aliphatic heterocycles. The summed E-state index contributed by atoms with van der Waals surface area (Å²) in [6, 6.07) is 8.94. The zero-order valence-electron chi connectivity index (χ0n) is 13.2. The van der Waals surface area contributed by atoms with Gasteiger partial charge in [-0.05, 0) is 55.7 Å². The molecule has 1 aromatic rings. The van der Waals surface area contributed by atoms with Crippen LogP contribution in [0.3, 0.4) is 0 Å². The first kappa shape index (κ1) is 15.4. The molecule has 1 aliphatic rings. The zero-order chi connectivity index (χ0) is 14.4. The number of aryl methyl sites for hydroxylation is 1. The van der Waals surface area contributed by atoms with Gasteiger partial charge in [0.05, 0.1) is 0 Å². The summed E-state index contributed by atoms with van der Waals surface area (Å²) in [5.74, 6) is 0. The number of anilines is 1. The van der Waals surface area contributed by atoms with Crippen molar-refractivity contribution in [2.75, 3.05) is 24.5 Å². The number of nitrogens with zero attached hydrogens (tertiary/aromatic N) is 1. The molecular weight excluding hydrogens is 244 g/mol. The third kappa shape index (κ3) is 4.24. The molecule has 0 saturated heterocycles. The topological polar surface area (TPSA) is 29.3 Å². The Morgan fingerprint density at radius 2 is 1.95 bits per heavy atom. The average molecular weight is 274 g/mol. The van der Waals surface area contributed by atoms with Crippen LogP contribution in [0.1, 0.15) is 51.5 Å². The van der Waals surface area contributed by atoms with Gasteiger partial charge in [0.2, 0.25) is 0 Å². The lowest BCUT2D eigenvalue weighted by Gasteiger charge is -2.26. The molecule has 112 valence electrons. The van der Waals surface area contributed by atoms with Crippen LogP contribution in [-0.2, 0) is 6.42 Å². The van der Waals surface area contributed by atoms with E-state index >= 15 is 0 Å². The molecule has 20 heavy (non-hydrogen) atoms. The summed E-state index contributed by atoms with van der Waals surface area (Å²) in [5.41, 5.74) is 9.12. The lowest BCUT2D eigenvalue weighted by molar-refractivity contribution is 0.333. The Morgan fingerprint density at radius 3 is 2.75 bits per heavy atom. The molecular formula is C18H30N2. The highest BCUT2D eigenvalue weighted by molar-refractivity contribution is 5.54. The summed E-state index contributed by atoms with van der Waals surface area (Å²) in [5, 5.41) is 0. The van der Waals surface area contributed by atoms with Gasteiger partial charge in [0, 0.05) is 18.8 Å². The van der Waals surface area contributed by atoms with E-state index in [1.807, 2.05) is 0 Å². The van der Waals surface area contributed by atoms with Crippen LogP contribution in [0.4, 0.5) is 5.69 Å². The number of para-hydroxylation sites is 1. The number of benzene rings is 1. The molecule has 0 spiro atoms. The largest absolute Gasteiger partial charge is 0.371 e. The first-order valence-electron chi connectivity index (χ1n) is 8.15. The van der Waals surface area contributed by atoms with E-state index in [9.17, 15) is 0 Å². The Labute approximate surface area is 124 Å². The van der Waals surface area contributed by atoms with Crippen molar-refractivity contribution in [1.29, 1.82) is 0 Å². The minimum atomic E-state index is 0.302. The number of unbranched alkanes of at least 4 members (excludes halogenated alkanes) is 1. The Kier molecular flexibility index (Phi) is 5.47. The molecule has 2 heteroatoms. The quantitative estimate of drug-likeness (QED) is 0.795. The molecule has 0 aliphatic carbocycles. The second-order valence-electron chi connectivity index (χ2n) is 6.90. The van der Waals surface area contributed by atoms with E-state index in [0.29, 0.717) is 5.41 Å². The fourth-order valence-electron chi connectivity index (χ4n) is 3.01. The lowest BCUT2D eigenvalue weighted by atomic mass is 9.87. The third-order valence-electron chi connectivity index (χ3n) is 4.54. The molecule has 0 radical (unpaired) electrons. The molecule has 0 amide bonds. The van der Waals surface area contributed by atoms with Gasteiger partial charge < -0.3 is 10.6 Å². The van der Waals surface area contributed by atoms with E-state index in [0.717, 1.165) is 6.54 Å². The van der Waals surface area contributed by atoms with Crippen molar-refractivity contribution in [3.8, 4) is 0 Å². The number of fused-ring (bicyclic) bond motifs is 1. The highest BCUT2D eigenvalue weighted by atomic mass is 15.1. The Bertz CT molecular complexity index is 412. The van der Waals surface area contributed by atoms with Crippen LogP contribution in [0.2, 0.25) is 0 Å². The number of rotatable bonds is 6. The standard InChI is InChI=1S/C18H30N2/c1-18(2,15-19)12-6-8-14-20-13-7-5-10-16-9-3-4-11-17(16)20/h3-4,9,11H,5-8,10,12-15,19H2,1-2H3. The van der Waals surface area contributed by atoms with E-state index < -0.39 is 0 Å². The molecule has 1 heterocycles. The van der Waals surface area contributed by atoms with Gasteiger partial charge in [-0.1, -0.05) is 38.5 Å². The lowest BCUT2D eigenvalue weighted by Crippen LogP contribution is -2.26. The van der Waals surface area contributed by atoms with Crippen LogP contribution in [0, 0.1) is 5.41 Å². The molecule has 0 unspecified atom stereocenters. The first-order valence-corrected chi connectivity index (χ1v) is 8.15. The smallest absolute Gasteiger partial charge is 0.0398 e. The SMILES string of the molecule is CC(C)(CN)CCCCN1CCCCc2ccccc21. The monoisotopic (exact) mass is 274 g/mol. The van der Waals surface area contributed by atoms with Crippen molar-refractivity contribution < 1.29 is 0 Å². The molecule has 0 bridgehead atoms. The third-order valence-corrected chi connectivity index (χ3v) is 4.54. The van der Waals surface area contributed by atoms with Gasteiger partial charge in [-0.2, -0.15) is 0 Å². The van der Waals surface area contributed by atoms with Crippen LogP contribution < -0.4 is 10.6 Å². The molecule has 0 saturated carbocycles. The molecule has 2 nitrogen and oxygen atoms in total. The molecule has 2 rings (SSSR count). The van der Waals surface area contributed by atoms with Gasteiger partial charge in [0.15, 0.2) is 0 Å². The van der Waals surface area contributed by atoms with Crippen LogP contribution in [-0.4, -0.2) is 19.6 Å². The van der Waals surface area contributed by atoms with Crippen LogP contribution in [0.15, 0.2) is 24.3 Å². The second-order valence-corrected chi connectivity index (χ2v) is 6.90. The van der Waals surface area contributed by atoms with Gasteiger partial charge >= 0.3 is 0 Å². The van der Waals surface area contributed by atoms with Gasteiger partial charge in [-0.25, -0.2) is 0 Å². The average Bonchev–Trinajstić information content (AvgIpc) is 2.66. The molecule has 2 N–H and O–H groups in total. The minimum absolute atomic E-state index is 0.302. The molecule has 0 aromatic heterocycles. The summed E-state index contributed by atoms with van der Waals surface area (Å²) < 4.78 is 0. The van der Waals surface area contributed by atoms with E-state index in [1.54, 1.807) is 0 Å². The Hall–Kier alpha value is -1.02. The van der Waals surface area contributed by atoms with Crippen molar-refractivity contribution in [2.24, 2.45) is 11.1 Å². The highest BCUT2D eigenvalue weighted by Gasteiger charge is 2.16. The van der Waals surface area contributed by atoms with Gasteiger partial charge in [0.1, 0.15) is 0 Å². The van der Waals surface area contributed by atoms with Gasteiger partial charge in [-0.15, -0.1) is 0 Å². The fraction of sp³-hybridized carbons (Fsp3) is 0.667. The van der Waals surface area contributed by atoms with E-state index in [-0.39, 0.29) is 0 Å². The van der Waals surface area contributed by atoms with Crippen molar-refractivity contribution in [3.63, 3.8) is 0 Å². The second kappa shape index (κ2) is 7.12. The van der Waals surface area contributed by atoms with Crippen LogP contribution >= 0.6 is 0 Å². The van der Waals surface area contributed by atoms with Crippen LogP contribution in [0.5, 0.6) is 0 Å². The number of hydrogen-bond acceptors (Lipinski definition) is 2. The fourth-order valence-corrected chi connectivity index (χ4v) is 3.01. The van der Waals surface area contributed by atoms with Crippen molar-refractivity contribution >= 4 is 5.69 Å². The molecule has 0 atom stereocenters. The molecule has 1 aromatic carbocycles. The predicted molar refractivity (Wildman–Crippen MR) is 88.3 cm³/mol. The van der Waals surface area contributed by atoms with Crippen molar-refractivity contribution in [1.82, 2.24) is 0 Å². The van der Waals surface area contributed by atoms with Crippen LogP contribution in [0.25, 0.3) is 0 Å². The maximum absolute atomic E-state index is 5.80. The number of hydrogen-bond donors (Lipinski definition) is 1. The summed E-state index contributed by atoms with van der Waals surface area (Å²) in [4.78, 5) is 2.60. The van der Waals surface area contributed by atoms with Crippen molar-refractivity contribution in [2.45, 2.75) is 52.4 Å². The Morgan fingerprint density at radius 1 is 1.15 bits per heavy atom. The maximum Gasteiger partial charge on any atom is 0.0398 e. The zero-order valence-corrected chi connectivity index (χ0v) is 13.2. The molecule has 0 fully saturated rings.